The first kappa shape index (κ1) is 38.5. The van der Waals surface area contributed by atoms with Crippen LogP contribution in [-0.4, -0.2) is 83.6 Å². The van der Waals surface area contributed by atoms with Gasteiger partial charge in [0, 0.05) is 23.0 Å². The van der Waals surface area contributed by atoms with Crippen molar-refractivity contribution in [3.8, 4) is 5.88 Å². The summed E-state index contributed by atoms with van der Waals surface area (Å²) in [7, 11) is -4.45. The predicted molar refractivity (Wildman–Crippen MR) is 189 cm³/mol. The minimum atomic E-state index is -4.45. The average Bonchev–Trinajstić information content (AvgIpc) is 3.86. The van der Waals surface area contributed by atoms with Crippen LogP contribution in [0.4, 0.5) is 4.79 Å². The summed E-state index contributed by atoms with van der Waals surface area (Å²) < 4.78 is 44.4. The van der Waals surface area contributed by atoms with E-state index in [4.69, 9.17) is 25.3 Å². The number of fused-ring (bicyclic) bond motifs is 1. The van der Waals surface area contributed by atoms with Gasteiger partial charge in [0.2, 0.25) is 17.7 Å². The molecule has 5 rings (SSSR count). The molecule has 14 nitrogen and oxygen atoms in total. The molecule has 16 heteroatoms. The number of likely N-dealkylation sites (tertiary alicyclic amines) is 1. The van der Waals surface area contributed by atoms with Crippen LogP contribution in [0.15, 0.2) is 30.5 Å². The topological polar surface area (TPSA) is 182 Å². The first-order valence-electron chi connectivity index (χ1n) is 17.2. The standard InChI is InChI=1S/C35H48ClN5O9S/c1-9-21-18-35(21,30(44)40-51(46,47)50-34(8)13-14-34)39-27(42)25-17-23(48-28-24-11-10-22(36)16-20(24)12-15-37-28)19-41(25)29(43)26(32(2,3)4)38-31(45)49-33(5,6)7/h10-12,15-16,21,23,25-26H,9,13-14,17-19H2,1-8H3,(H,38,45)(H,39,42)(H,40,44)/t21-,23-,25+,26-,35-/m1/s1. The van der Waals surface area contributed by atoms with Gasteiger partial charge < -0.3 is 25.0 Å². The molecule has 1 aromatic carbocycles. The third kappa shape index (κ3) is 9.04. The number of hydrogen-bond donors (Lipinski definition) is 3. The summed E-state index contributed by atoms with van der Waals surface area (Å²) in [5, 5.41) is 7.49. The van der Waals surface area contributed by atoms with Crippen LogP contribution in [0.2, 0.25) is 5.02 Å². The maximum Gasteiger partial charge on any atom is 0.408 e. The second kappa shape index (κ2) is 13.7. The number of hydrogen-bond acceptors (Lipinski definition) is 10. The van der Waals surface area contributed by atoms with E-state index >= 15 is 0 Å². The van der Waals surface area contributed by atoms with Crippen molar-refractivity contribution in [2.45, 2.75) is 122 Å². The number of nitrogens with one attached hydrogen (secondary N) is 3. The maximum atomic E-state index is 14.4. The Morgan fingerprint density at radius 2 is 1.78 bits per heavy atom. The fraction of sp³-hybridized carbons (Fsp3) is 0.629. The van der Waals surface area contributed by atoms with E-state index < -0.39 is 74.5 Å². The Kier molecular flexibility index (Phi) is 10.4. The molecule has 2 aromatic rings. The largest absolute Gasteiger partial charge is 0.472 e. The molecule has 2 heterocycles. The Labute approximate surface area is 303 Å². The monoisotopic (exact) mass is 749 g/mol. The number of alkyl carbamates (subject to hydrolysis) is 1. The van der Waals surface area contributed by atoms with Crippen LogP contribution in [0.5, 0.6) is 5.88 Å². The zero-order valence-corrected chi connectivity index (χ0v) is 31.9. The van der Waals surface area contributed by atoms with E-state index in [2.05, 4.69) is 15.6 Å². The molecular weight excluding hydrogens is 702 g/mol. The van der Waals surface area contributed by atoms with Gasteiger partial charge >= 0.3 is 16.4 Å². The molecule has 1 aliphatic heterocycles. The van der Waals surface area contributed by atoms with Crippen molar-refractivity contribution in [3.05, 3.63) is 35.5 Å². The van der Waals surface area contributed by atoms with Crippen LogP contribution in [0.1, 0.15) is 87.5 Å². The fourth-order valence-electron chi connectivity index (χ4n) is 6.35. The van der Waals surface area contributed by atoms with Gasteiger partial charge in [0.05, 0.1) is 12.1 Å². The van der Waals surface area contributed by atoms with Crippen molar-refractivity contribution in [3.63, 3.8) is 0 Å². The number of nitrogens with zero attached hydrogens (tertiary/aromatic N) is 2. The van der Waals surface area contributed by atoms with Crippen LogP contribution in [0, 0.1) is 11.3 Å². The van der Waals surface area contributed by atoms with Crippen molar-refractivity contribution in [1.29, 1.82) is 0 Å². The summed E-state index contributed by atoms with van der Waals surface area (Å²) in [5.41, 5.74) is -4.04. The maximum absolute atomic E-state index is 14.4. The Morgan fingerprint density at radius 3 is 2.37 bits per heavy atom. The van der Waals surface area contributed by atoms with Crippen LogP contribution < -0.4 is 20.1 Å². The second-order valence-corrected chi connectivity index (χ2v) is 17.8. The SMILES string of the molecule is CC[C@@H]1C[C@]1(NC(=O)[C@@H]1C[C@@H](Oc2nccc3cc(Cl)ccc23)CN1C(=O)[C@@H](NC(=O)OC(C)(C)C)C(C)(C)C)C(=O)NS(=O)(=O)OC1(C)CC1. The number of halogens is 1. The summed E-state index contributed by atoms with van der Waals surface area (Å²) in [4.78, 5) is 60.9. The number of amides is 4. The molecule has 51 heavy (non-hydrogen) atoms. The highest BCUT2D eigenvalue weighted by atomic mass is 35.5. The highest BCUT2D eigenvalue weighted by Gasteiger charge is 2.62. The highest BCUT2D eigenvalue weighted by Crippen LogP contribution is 2.47. The Bertz CT molecular complexity index is 1820. The lowest BCUT2D eigenvalue weighted by atomic mass is 9.85. The van der Waals surface area contributed by atoms with Crippen LogP contribution in [0.3, 0.4) is 0 Å². The van der Waals surface area contributed by atoms with E-state index in [0.717, 1.165) is 5.39 Å². The number of ether oxygens (including phenoxy) is 2. The van der Waals surface area contributed by atoms with Gasteiger partial charge in [-0.1, -0.05) is 45.7 Å². The zero-order valence-electron chi connectivity index (χ0n) is 30.3. The van der Waals surface area contributed by atoms with E-state index in [0.29, 0.717) is 29.7 Å². The molecule has 1 saturated heterocycles. The van der Waals surface area contributed by atoms with Gasteiger partial charge in [-0.3, -0.25) is 14.4 Å². The van der Waals surface area contributed by atoms with Crippen molar-refractivity contribution in [2.24, 2.45) is 11.3 Å². The normalized spacial score (nSPS) is 24.7. The third-order valence-corrected chi connectivity index (χ3v) is 10.7. The van der Waals surface area contributed by atoms with E-state index in [-0.39, 0.29) is 31.2 Å². The first-order chi connectivity index (χ1) is 23.5. The number of aromatic nitrogens is 1. The summed E-state index contributed by atoms with van der Waals surface area (Å²) in [5.74, 6) is -2.22. The molecule has 0 spiro atoms. The van der Waals surface area contributed by atoms with Gasteiger partial charge in [-0.25, -0.2) is 18.7 Å². The lowest BCUT2D eigenvalue weighted by Gasteiger charge is -2.36. The second-order valence-electron chi connectivity index (χ2n) is 16.1. The van der Waals surface area contributed by atoms with Crippen molar-refractivity contribution < 1.29 is 41.3 Å². The molecule has 280 valence electrons. The smallest absolute Gasteiger partial charge is 0.408 e. The average molecular weight is 750 g/mol. The summed E-state index contributed by atoms with van der Waals surface area (Å²) in [6.45, 7) is 13.8. The minimum Gasteiger partial charge on any atom is -0.472 e. The van der Waals surface area contributed by atoms with Gasteiger partial charge in [0.25, 0.3) is 5.91 Å². The molecule has 1 aromatic heterocycles. The van der Waals surface area contributed by atoms with Crippen molar-refractivity contribution in [1.82, 2.24) is 25.2 Å². The lowest BCUT2D eigenvalue weighted by molar-refractivity contribution is -0.143. The van der Waals surface area contributed by atoms with Crippen LogP contribution in [-0.2, 0) is 33.6 Å². The Morgan fingerprint density at radius 1 is 1.10 bits per heavy atom. The molecule has 3 N–H and O–H groups in total. The van der Waals surface area contributed by atoms with Gasteiger partial charge in [-0.05, 0) is 87.9 Å². The number of rotatable bonds is 11. The third-order valence-electron chi connectivity index (χ3n) is 9.42. The molecular formula is C35H48ClN5O9S. The van der Waals surface area contributed by atoms with E-state index in [1.165, 1.54) is 4.90 Å². The van der Waals surface area contributed by atoms with Gasteiger partial charge in [0.1, 0.15) is 29.3 Å². The number of benzene rings is 1. The zero-order chi connectivity index (χ0) is 37.7. The summed E-state index contributed by atoms with van der Waals surface area (Å²) in [6.07, 6.45) is 1.81. The lowest BCUT2D eigenvalue weighted by Crippen LogP contribution is -2.60. The molecule has 4 amide bonds. The van der Waals surface area contributed by atoms with Crippen molar-refractivity contribution >= 4 is 56.5 Å². The number of pyridine rings is 1. The Hall–Kier alpha value is -3.69. The Balaban J connectivity index is 1.43. The molecule has 2 aliphatic carbocycles. The van der Waals surface area contributed by atoms with Crippen LogP contribution in [0.25, 0.3) is 10.8 Å². The molecule has 3 aliphatic rings. The van der Waals surface area contributed by atoms with E-state index in [9.17, 15) is 27.6 Å². The number of carbonyl (C=O) groups excluding carboxylic acids is 4. The highest BCUT2D eigenvalue weighted by molar-refractivity contribution is 7.85. The number of carbonyl (C=O) groups is 4. The van der Waals surface area contributed by atoms with Gasteiger partial charge in [-0.15, -0.1) is 0 Å². The fourth-order valence-corrected chi connectivity index (χ4v) is 7.68. The van der Waals surface area contributed by atoms with Gasteiger partial charge in [-0.2, -0.15) is 8.42 Å². The van der Waals surface area contributed by atoms with Crippen LogP contribution >= 0.6 is 11.6 Å². The summed E-state index contributed by atoms with van der Waals surface area (Å²) in [6, 6.07) is 4.75. The molecule has 0 radical (unpaired) electrons. The summed E-state index contributed by atoms with van der Waals surface area (Å²) >= 11 is 6.20. The molecule has 3 fully saturated rings. The van der Waals surface area contributed by atoms with Crippen molar-refractivity contribution in [2.75, 3.05) is 6.54 Å². The first-order valence-corrected chi connectivity index (χ1v) is 18.9. The quantitative estimate of drug-likeness (QED) is 0.298. The predicted octanol–water partition coefficient (Wildman–Crippen LogP) is 4.39. The van der Waals surface area contributed by atoms with E-state index in [1.54, 1.807) is 78.9 Å². The molecule has 0 unspecified atom stereocenters. The van der Waals surface area contributed by atoms with E-state index in [1.807, 2.05) is 11.6 Å². The molecule has 2 saturated carbocycles. The minimum absolute atomic E-state index is 0.0147. The van der Waals surface area contributed by atoms with Gasteiger partial charge in [0.15, 0.2) is 0 Å². The molecule has 0 bridgehead atoms. The molecule has 5 atom stereocenters.